The van der Waals surface area contributed by atoms with E-state index in [2.05, 4.69) is 5.32 Å². The van der Waals surface area contributed by atoms with E-state index in [0.717, 1.165) is 25.8 Å². The fourth-order valence-electron chi connectivity index (χ4n) is 1.62. The highest BCUT2D eigenvalue weighted by atomic mass is 32.2. The van der Waals surface area contributed by atoms with E-state index in [1.54, 1.807) is 0 Å². The molecular weight excluding hydrogens is 301 g/mol. The highest BCUT2D eigenvalue weighted by molar-refractivity contribution is 7.91. The second kappa shape index (κ2) is 9.78. The van der Waals surface area contributed by atoms with E-state index in [1.807, 2.05) is 7.05 Å². The minimum atomic E-state index is -5.51. The smallest absolute Gasteiger partial charge is 0.453 e. The highest BCUT2D eigenvalue weighted by Gasteiger charge is 2.56. The summed E-state index contributed by atoms with van der Waals surface area (Å²) in [7, 11) is 1.85. The third-order valence-corrected chi connectivity index (χ3v) is 4.31. The molecule has 1 N–H and O–H groups in total. The number of unbranched alkanes of at least 4 members (excludes halogenated alkanes) is 3. The molecule has 0 heterocycles. The maximum absolute atomic E-state index is 12.6. The van der Waals surface area contributed by atoms with Crippen molar-refractivity contribution in [2.24, 2.45) is 0 Å². The van der Waals surface area contributed by atoms with Gasteiger partial charge in [-0.2, -0.15) is 22.0 Å². The Balaban J connectivity index is 3.61. The van der Waals surface area contributed by atoms with Gasteiger partial charge in [-0.05, 0) is 39.3 Å². The van der Waals surface area contributed by atoms with E-state index in [9.17, 15) is 26.5 Å². The SMILES string of the molecule is CNCCCCCC[S+]([O-])CCCC(F)(F)C(F)(F)F. The van der Waals surface area contributed by atoms with Gasteiger partial charge in [0, 0.05) is 6.42 Å². The Kier molecular flexibility index (Phi) is 9.74. The first-order valence-corrected chi connectivity index (χ1v) is 8.13. The molecule has 122 valence electrons. The molecule has 8 heteroatoms. The number of nitrogens with one attached hydrogen (secondary N) is 1. The van der Waals surface area contributed by atoms with E-state index in [-0.39, 0.29) is 12.2 Å². The number of hydrogen-bond acceptors (Lipinski definition) is 2. The van der Waals surface area contributed by atoms with Crippen molar-refractivity contribution in [3.8, 4) is 0 Å². The molecule has 0 rings (SSSR count). The van der Waals surface area contributed by atoms with Crippen LogP contribution in [0, 0.1) is 0 Å². The van der Waals surface area contributed by atoms with Crippen LogP contribution in [0.1, 0.15) is 38.5 Å². The average Bonchev–Trinajstić information content (AvgIpc) is 2.32. The standard InChI is InChI=1S/C12H22F5NOS/c1-18-8-4-2-3-5-9-20(19)10-6-7-11(13,14)12(15,16)17/h18H,2-10H2,1H3. The minimum absolute atomic E-state index is 0.0951. The van der Waals surface area contributed by atoms with Crippen molar-refractivity contribution in [2.75, 3.05) is 25.1 Å². The summed E-state index contributed by atoms with van der Waals surface area (Å²) in [4.78, 5) is 0. The van der Waals surface area contributed by atoms with Crippen molar-refractivity contribution in [1.82, 2.24) is 5.32 Å². The fourth-order valence-corrected chi connectivity index (χ4v) is 2.81. The molecule has 0 saturated carbocycles. The molecule has 0 aromatic carbocycles. The summed E-state index contributed by atoms with van der Waals surface area (Å²) in [6.45, 7) is 0.912. The van der Waals surface area contributed by atoms with E-state index in [1.165, 1.54) is 0 Å². The van der Waals surface area contributed by atoms with Crippen molar-refractivity contribution >= 4 is 11.2 Å². The number of alkyl halides is 5. The Labute approximate surface area is 119 Å². The summed E-state index contributed by atoms with van der Waals surface area (Å²) in [6, 6.07) is 0. The normalized spacial score (nSPS) is 14.6. The maximum atomic E-state index is 12.6. The van der Waals surface area contributed by atoms with Crippen LogP contribution in [0.3, 0.4) is 0 Å². The first-order valence-electron chi connectivity index (χ1n) is 6.65. The molecule has 0 bridgehead atoms. The number of halogens is 5. The number of hydrogen-bond donors (Lipinski definition) is 1. The van der Waals surface area contributed by atoms with Gasteiger partial charge in [-0.15, -0.1) is 0 Å². The van der Waals surface area contributed by atoms with Crippen LogP contribution in [0.15, 0.2) is 0 Å². The largest absolute Gasteiger partial charge is 0.616 e. The molecule has 0 spiro atoms. The first kappa shape index (κ1) is 19.9. The zero-order valence-electron chi connectivity index (χ0n) is 11.6. The van der Waals surface area contributed by atoms with Gasteiger partial charge in [0.2, 0.25) is 0 Å². The summed E-state index contributed by atoms with van der Waals surface area (Å²) in [5.41, 5.74) is 0. The molecule has 0 radical (unpaired) electrons. The van der Waals surface area contributed by atoms with Gasteiger partial charge in [0.1, 0.15) is 11.5 Å². The summed E-state index contributed by atoms with van der Waals surface area (Å²) in [6.07, 6.45) is -3.56. The summed E-state index contributed by atoms with van der Waals surface area (Å²) >= 11 is -1.31. The third kappa shape index (κ3) is 8.97. The lowest BCUT2D eigenvalue weighted by molar-refractivity contribution is -0.284. The zero-order valence-corrected chi connectivity index (χ0v) is 12.4. The topological polar surface area (TPSA) is 35.1 Å². The van der Waals surface area contributed by atoms with Crippen LogP contribution in [0.25, 0.3) is 0 Å². The molecule has 0 aliphatic rings. The van der Waals surface area contributed by atoms with E-state index in [4.69, 9.17) is 0 Å². The molecule has 0 aromatic rings. The van der Waals surface area contributed by atoms with Crippen LogP contribution < -0.4 is 5.32 Å². The van der Waals surface area contributed by atoms with Gasteiger partial charge >= 0.3 is 12.1 Å². The second-order valence-corrected chi connectivity index (χ2v) is 6.37. The van der Waals surface area contributed by atoms with E-state index in [0.29, 0.717) is 12.2 Å². The first-order chi connectivity index (χ1) is 9.20. The molecule has 0 aliphatic heterocycles. The van der Waals surface area contributed by atoms with Gasteiger partial charge in [-0.1, -0.05) is 17.6 Å². The average molecular weight is 323 g/mol. The Morgan fingerprint density at radius 1 is 0.900 bits per heavy atom. The van der Waals surface area contributed by atoms with Crippen molar-refractivity contribution in [2.45, 2.75) is 50.6 Å². The van der Waals surface area contributed by atoms with Crippen LogP contribution in [0.4, 0.5) is 22.0 Å². The molecular formula is C12H22F5NOS. The van der Waals surface area contributed by atoms with Crippen LogP contribution in [-0.2, 0) is 11.2 Å². The highest BCUT2D eigenvalue weighted by Crippen LogP contribution is 2.38. The molecule has 20 heavy (non-hydrogen) atoms. The zero-order chi connectivity index (χ0) is 15.6. The molecule has 0 aromatic heterocycles. The van der Waals surface area contributed by atoms with Crippen LogP contribution in [0.2, 0.25) is 0 Å². The Morgan fingerprint density at radius 3 is 2.00 bits per heavy atom. The van der Waals surface area contributed by atoms with Crippen LogP contribution >= 0.6 is 0 Å². The molecule has 0 amide bonds. The lowest BCUT2D eigenvalue weighted by atomic mass is 10.2. The lowest BCUT2D eigenvalue weighted by Gasteiger charge is -2.19. The lowest BCUT2D eigenvalue weighted by Crippen LogP contribution is -2.36. The summed E-state index contributed by atoms with van der Waals surface area (Å²) < 4.78 is 72.2. The Hall–Kier alpha value is -0.0800. The monoisotopic (exact) mass is 323 g/mol. The van der Waals surface area contributed by atoms with Gasteiger partial charge < -0.3 is 9.87 Å². The fraction of sp³-hybridized carbons (Fsp3) is 1.00. The number of rotatable bonds is 11. The van der Waals surface area contributed by atoms with Gasteiger partial charge in [-0.25, -0.2) is 0 Å². The Morgan fingerprint density at radius 2 is 1.45 bits per heavy atom. The molecule has 1 atom stereocenters. The Bertz CT molecular complexity index is 250. The maximum Gasteiger partial charge on any atom is 0.453 e. The molecule has 0 aliphatic carbocycles. The second-order valence-electron chi connectivity index (χ2n) is 4.67. The van der Waals surface area contributed by atoms with Crippen LogP contribution in [-0.4, -0.2) is 41.7 Å². The molecule has 0 saturated heterocycles. The minimum Gasteiger partial charge on any atom is -0.616 e. The van der Waals surface area contributed by atoms with Gasteiger partial charge in [0.15, 0.2) is 0 Å². The van der Waals surface area contributed by atoms with Gasteiger partial charge in [-0.3, -0.25) is 0 Å². The van der Waals surface area contributed by atoms with Crippen molar-refractivity contribution < 1.29 is 26.5 Å². The van der Waals surface area contributed by atoms with Crippen molar-refractivity contribution in [1.29, 1.82) is 0 Å². The van der Waals surface area contributed by atoms with E-state index < -0.39 is 29.7 Å². The van der Waals surface area contributed by atoms with Crippen molar-refractivity contribution in [3.05, 3.63) is 0 Å². The predicted octanol–water partition coefficient (Wildman–Crippen LogP) is 3.49. The third-order valence-electron chi connectivity index (χ3n) is 2.83. The van der Waals surface area contributed by atoms with Gasteiger partial charge in [0.05, 0.1) is 0 Å². The summed E-state index contributed by atoms with van der Waals surface area (Å²) in [5.74, 6) is -4.40. The molecule has 2 nitrogen and oxygen atoms in total. The van der Waals surface area contributed by atoms with Crippen LogP contribution in [0.5, 0.6) is 0 Å². The van der Waals surface area contributed by atoms with E-state index >= 15 is 0 Å². The molecule has 0 fully saturated rings. The van der Waals surface area contributed by atoms with Gasteiger partial charge in [0.25, 0.3) is 0 Å². The predicted molar refractivity (Wildman–Crippen MR) is 70.5 cm³/mol. The quantitative estimate of drug-likeness (QED) is 0.359. The molecule has 1 unspecified atom stereocenters. The summed E-state index contributed by atoms with van der Waals surface area (Å²) in [5, 5.41) is 3.00. The van der Waals surface area contributed by atoms with Crippen molar-refractivity contribution in [3.63, 3.8) is 0 Å².